The minimum absolute atomic E-state index is 0.129. The molecule has 3 rings (SSSR count). The van der Waals surface area contributed by atoms with Gasteiger partial charge in [-0.05, 0) is 0 Å². The normalized spacial score (nSPS) is 28.2. The van der Waals surface area contributed by atoms with E-state index in [1.165, 1.54) is 25.7 Å². The zero-order valence-corrected chi connectivity index (χ0v) is 16.4. The Balaban J connectivity index is 1.93. The third kappa shape index (κ3) is 4.52. The SMILES string of the molecule is B[PH]1(O)OC[C@H](C)O[C@@H](n2cnc3c(SCCN)ncnc32)[C@@H](O)CO1. The Morgan fingerprint density at radius 3 is 2.92 bits per heavy atom. The van der Waals surface area contributed by atoms with Gasteiger partial charge in [-0.25, -0.2) is 0 Å². The Morgan fingerprint density at radius 1 is 1.38 bits per heavy atom. The second-order valence-corrected chi connectivity index (χ2v) is 9.52. The molecule has 3 atom stereocenters. The number of hydrogen-bond acceptors (Lipinski definition) is 10. The van der Waals surface area contributed by atoms with Crippen molar-refractivity contribution >= 4 is 38.3 Å². The summed E-state index contributed by atoms with van der Waals surface area (Å²) in [5, 5.41) is 11.3. The van der Waals surface area contributed by atoms with E-state index in [1.54, 1.807) is 17.8 Å². The van der Waals surface area contributed by atoms with Gasteiger partial charge in [-0.1, -0.05) is 0 Å². The Labute approximate surface area is 156 Å². The van der Waals surface area contributed by atoms with Crippen LogP contribution < -0.4 is 5.73 Å². The zero-order chi connectivity index (χ0) is 18.7. The van der Waals surface area contributed by atoms with Crippen molar-refractivity contribution in [1.29, 1.82) is 0 Å². The van der Waals surface area contributed by atoms with Crippen molar-refractivity contribution in [2.24, 2.45) is 5.73 Å². The first kappa shape index (κ1) is 19.9. The van der Waals surface area contributed by atoms with E-state index in [0.29, 0.717) is 23.5 Å². The van der Waals surface area contributed by atoms with E-state index in [4.69, 9.17) is 19.5 Å². The van der Waals surface area contributed by atoms with Crippen LogP contribution in [0.4, 0.5) is 0 Å². The molecule has 4 N–H and O–H groups in total. The molecule has 1 saturated heterocycles. The molecule has 0 spiro atoms. The summed E-state index contributed by atoms with van der Waals surface area (Å²) in [7, 11) is -1.78. The van der Waals surface area contributed by atoms with E-state index in [2.05, 4.69) is 15.0 Å². The number of rotatable bonds is 4. The maximum atomic E-state index is 10.6. The molecule has 1 aliphatic heterocycles. The van der Waals surface area contributed by atoms with Crippen LogP contribution in [0.2, 0.25) is 0 Å². The molecule has 0 unspecified atom stereocenters. The van der Waals surface area contributed by atoms with Crippen LogP contribution in [0.15, 0.2) is 17.7 Å². The molecule has 1 aliphatic rings. The van der Waals surface area contributed by atoms with E-state index in [-0.39, 0.29) is 19.3 Å². The van der Waals surface area contributed by atoms with Crippen molar-refractivity contribution < 1.29 is 23.8 Å². The molecule has 2 aromatic rings. The second-order valence-electron chi connectivity index (χ2n) is 6.06. The Bertz CT molecular complexity index is 753. The summed E-state index contributed by atoms with van der Waals surface area (Å²) in [6.45, 7) is 2.35. The molecule has 0 aromatic carbocycles. The van der Waals surface area contributed by atoms with E-state index in [1.807, 2.05) is 0 Å². The second kappa shape index (κ2) is 8.45. The number of nitrogens with zero attached hydrogens (tertiary/aromatic N) is 4. The molecule has 0 saturated carbocycles. The van der Waals surface area contributed by atoms with Crippen LogP contribution in [0, 0.1) is 0 Å². The molecule has 13 heteroatoms. The first-order valence-electron chi connectivity index (χ1n) is 8.25. The molecule has 10 nitrogen and oxygen atoms in total. The van der Waals surface area contributed by atoms with Crippen molar-refractivity contribution in [2.45, 2.75) is 30.4 Å². The monoisotopic (exact) mass is 403 g/mol. The summed E-state index contributed by atoms with van der Waals surface area (Å²) in [6, 6.07) is 0. The molecule has 2 aromatic heterocycles. The predicted octanol–water partition coefficient (Wildman–Crippen LogP) is -0.776. The van der Waals surface area contributed by atoms with Crippen molar-refractivity contribution in [1.82, 2.24) is 19.5 Å². The number of fused-ring (bicyclic) bond motifs is 1. The molecule has 26 heavy (non-hydrogen) atoms. The third-order valence-electron chi connectivity index (χ3n) is 3.76. The fourth-order valence-corrected chi connectivity index (χ4v) is 4.35. The molecule has 0 amide bonds. The van der Waals surface area contributed by atoms with Crippen LogP contribution in [0.25, 0.3) is 11.2 Å². The van der Waals surface area contributed by atoms with Crippen LogP contribution >= 0.6 is 19.6 Å². The summed E-state index contributed by atoms with van der Waals surface area (Å²) >= 11 is 1.49. The van der Waals surface area contributed by atoms with Gasteiger partial charge in [0.2, 0.25) is 0 Å². The first-order valence-corrected chi connectivity index (χ1v) is 11.5. The number of aromatic nitrogens is 4. The van der Waals surface area contributed by atoms with E-state index >= 15 is 0 Å². The summed E-state index contributed by atoms with van der Waals surface area (Å²) < 4.78 is 18.4. The van der Waals surface area contributed by atoms with Gasteiger partial charge in [0.15, 0.2) is 0 Å². The Hall–Kier alpha value is -0.845. The van der Waals surface area contributed by atoms with Crippen LogP contribution in [0.3, 0.4) is 0 Å². The first-order chi connectivity index (χ1) is 12.4. The molecular weight excluding hydrogens is 380 g/mol. The van der Waals surface area contributed by atoms with Gasteiger partial charge in [0, 0.05) is 0 Å². The van der Waals surface area contributed by atoms with Gasteiger partial charge in [0.05, 0.1) is 0 Å². The molecule has 3 heterocycles. The van der Waals surface area contributed by atoms with Crippen LogP contribution in [0.1, 0.15) is 13.2 Å². The predicted molar refractivity (Wildman–Crippen MR) is 102 cm³/mol. The van der Waals surface area contributed by atoms with Crippen molar-refractivity contribution in [3.8, 4) is 0 Å². The van der Waals surface area contributed by atoms with Crippen LogP contribution in [-0.4, -0.2) is 74.8 Å². The number of nitrogens with two attached hydrogens (primary N) is 1. The van der Waals surface area contributed by atoms with Crippen LogP contribution in [-0.2, 0) is 13.8 Å². The summed E-state index contributed by atoms with van der Waals surface area (Å²) in [5.41, 5.74) is 6.72. The van der Waals surface area contributed by atoms with Gasteiger partial charge in [-0.3, -0.25) is 0 Å². The molecule has 0 bridgehead atoms. The quantitative estimate of drug-likeness (QED) is 0.258. The van der Waals surface area contributed by atoms with Gasteiger partial charge >= 0.3 is 156 Å². The number of aliphatic hydroxyl groups excluding tert-OH is 1. The minimum atomic E-state index is -3.29. The molecule has 0 radical (unpaired) electrons. The Morgan fingerprint density at radius 2 is 2.15 bits per heavy atom. The van der Waals surface area contributed by atoms with Gasteiger partial charge in [0.25, 0.3) is 0 Å². The fourth-order valence-electron chi connectivity index (χ4n) is 2.53. The van der Waals surface area contributed by atoms with E-state index < -0.39 is 20.2 Å². The van der Waals surface area contributed by atoms with E-state index in [0.717, 1.165) is 5.03 Å². The average Bonchev–Trinajstić information content (AvgIpc) is 3.06. The summed E-state index contributed by atoms with van der Waals surface area (Å²) in [4.78, 5) is 23.0. The number of aliphatic hydroxyl groups is 1. The number of imidazole rings is 1. The molecule has 0 aliphatic carbocycles. The zero-order valence-electron chi connectivity index (χ0n) is 14.6. The number of ether oxygens (including phenoxy) is 1. The number of thioether (sulfide) groups is 1. The van der Waals surface area contributed by atoms with Crippen LogP contribution in [0.5, 0.6) is 0 Å². The summed E-state index contributed by atoms with van der Waals surface area (Å²) in [5.74, 6) is 0.712. The number of hydrogen-bond donors (Lipinski definition) is 3. The van der Waals surface area contributed by atoms with Crippen molar-refractivity contribution in [3.05, 3.63) is 12.7 Å². The fraction of sp³-hybridized carbons (Fsp3) is 0.615. The molecular formula is C13H23BN5O5PS. The van der Waals surface area contributed by atoms with Gasteiger partial charge < -0.3 is 0 Å². The van der Waals surface area contributed by atoms with Crippen molar-refractivity contribution in [2.75, 3.05) is 25.5 Å². The standard InChI is InChI=1S/C13H23BN5O5PS/c1-8-4-22-25(14,21)23-5-9(20)13(24-8)19-7-18-10-11(19)16-6-17-12(10)26-3-2-15/h6-9,13,20-21,25H,2-5,14-15H2,1H3/t8-,9-,13+/m0/s1. The summed E-state index contributed by atoms with van der Waals surface area (Å²) in [6.07, 6.45) is 0.803. The van der Waals surface area contributed by atoms with Crippen molar-refractivity contribution in [3.63, 3.8) is 0 Å². The van der Waals surface area contributed by atoms with Gasteiger partial charge in [-0.15, -0.1) is 0 Å². The Kier molecular flexibility index (Phi) is 6.47. The third-order valence-corrected chi connectivity index (χ3v) is 6.18. The molecule has 144 valence electrons. The van der Waals surface area contributed by atoms with Gasteiger partial charge in [0.1, 0.15) is 0 Å². The topological polar surface area (TPSA) is 138 Å². The van der Waals surface area contributed by atoms with E-state index in [9.17, 15) is 10.00 Å². The van der Waals surface area contributed by atoms with Gasteiger partial charge in [-0.2, -0.15) is 0 Å². The maximum absolute atomic E-state index is 10.6. The molecule has 1 fully saturated rings. The average molecular weight is 403 g/mol.